The number of aromatic hydroxyl groups is 1. The Labute approximate surface area is 123 Å². The molecule has 2 unspecified atom stereocenters. The monoisotopic (exact) mass is 292 g/mol. The van der Waals surface area contributed by atoms with E-state index in [0.29, 0.717) is 12.8 Å². The summed E-state index contributed by atoms with van der Waals surface area (Å²) in [6.07, 6.45) is 1.40. The second kappa shape index (κ2) is 6.03. The molecule has 2 atom stereocenters. The third-order valence-corrected chi connectivity index (χ3v) is 3.99. The number of phenols is 1. The number of likely N-dealkylation sites (tertiary alicyclic amines) is 1. The Morgan fingerprint density at radius 1 is 1.38 bits per heavy atom. The molecular formula is C15H20N2O4. The Morgan fingerprint density at radius 3 is 2.71 bits per heavy atom. The molecule has 6 nitrogen and oxygen atoms in total. The highest BCUT2D eigenvalue weighted by Gasteiger charge is 2.33. The summed E-state index contributed by atoms with van der Waals surface area (Å²) in [4.78, 5) is 25.6. The number of phenolic OH excluding ortho intramolecular Hbond substituents is 1. The summed E-state index contributed by atoms with van der Waals surface area (Å²) in [5, 5.41) is 10.1. The summed E-state index contributed by atoms with van der Waals surface area (Å²) < 4.78 is 5.01. The number of carbonyl (C=O) groups excluding carboxylic acids is 2. The van der Waals surface area contributed by atoms with Crippen LogP contribution in [0.3, 0.4) is 0 Å². The van der Waals surface area contributed by atoms with Gasteiger partial charge in [-0.05, 0) is 31.9 Å². The maximum atomic E-state index is 12.6. The van der Waals surface area contributed by atoms with E-state index in [4.69, 9.17) is 10.5 Å². The summed E-state index contributed by atoms with van der Waals surface area (Å²) in [6.45, 7) is 2.21. The summed E-state index contributed by atoms with van der Waals surface area (Å²) in [5.41, 5.74) is 5.52. The number of hydrogen-bond acceptors (Lipinski definition) is 4. The SMILES string of the molecule is COc1cccc(C(=O)N2CC(C(N)=O)CCC2C)c1O. The summed E-state index contributed by atoms with van der Waals surface area (Å²) in [7, 11) is 1.43. The van der Waals surface area contributed by atoms with Crippen molar-refractivity contribution in [1.82, 2.24) is 4.90 Å². The molecule has 114 valence electrons. The molecule has 3 N–H and O–H groups in total. The standard InChI is InChI=1S/C15H20N2O4/c1-9-6-7-10(14(16)19)8-17(9)15(20)11-4-3-5-12(21-2)13(11)18/h3-5,9-10,18H,6-8H2,1-2H3,(H2,16,19). The van der Waals surface area contributed by atoms with Crippen LogP contribution in [0.5, 0.6) is 11.5 Å². The number of para-hydroxylation sites is 1. The lowest BCUT2D eigenvalue weighted by Crippen LogP contribution is -2.48. The number of primary amides is 1. The number of hydrogen-bond donors (Lipinski definition) is 2. The van der Waals surface area contributed by atoms with E-state index in [1.165, 1.54) is 7.11 Å². The van der Waals surface area contributed by atoms with Crippen LogP contribution < -0.4 is 10.5 Å². The van der Waals surface area contributed by atoms with Crippen LogP contribution in [0.25, 0.3) is 0 Å². The molecule has 0 spiro atoms. The molecule has 21 heavy (non-hydrogen) atoms. The Morgan fingerprint density at radius 2 is 2.10 bits per heavy atom. The number of rotatable bonds is 3. The van der Waals surface area contributed by atoms with Crippen LogP contribution in [0.15, 0.2) is 18.2 Å². The molecule has 2 rings (SSSR count). The van der Waals surface area contributed by atoms with Crippen LogP contribution in [-0.2, 0) is 4.79 Å². The molecular weight excluding hydrogens is 272 g/mol. The van der Waals surface area contributed by atoms with Gasteiger partial charge in [0.2, 0.25) is 5.91 Å². The molecule has 1 aromatic rings. The fourth-order valence-electron chi connectivity index (χ4n) is 2.64. The zero-order valence-electron chi connectivity index (χ0n) is 12.2. The second-order valence-corrected chi connectivity index (χ2v) is 5.34. The second-order valence-electron chi connectivity index (χ2n) is 5.34. The van der Waals surface area contributed by atoms with Gasteiger partial charge in [-0.15, -0.1) is 0 Å². The van der Waals surface area contributed by atoms with E-state index in [1.807, 2.05) is 6.92 Å². The van der Waals surface area contributed by atoms with Crippen molar-refractivity contribution in [2.24, 2.45) is 11.7 Å². The average Bonchev–Trinajstić information content (AvgIpc) is 2.47. The van der Waals surface area contributed by atoms with Gasteiger partial charge in [-0.1, -0.05) is 6.07 Å². The van der Waals surface area contributed by atoms with Crippen LogP contribution in [0.2, 0.25) is 0 Å². The Bertz CT molecular complexity index is 559. The highest BCUT2D eigenvalue weighted by molar-refractivity contribution is 5.98. The first kappa shape index (κ1) is 15.2. The van der Waals surface area contributed by atoms with Crippen molar-refractivity contribution in [3.63, 3.8) is 0 Å². The molecule has 0 saturated carbocycles. The normalized spacial score (nSPS) is 21.9. The minimum Gasteiger partial charge on any atom is -0.504 e. The average molecular weight is 292 g/mol. The van der Waals surface area contributed by atoms with E-state index in [-0.39, 0.29) is 41.5 Å². The molecule has 2 amide bonds. The first-order valence-corrected chi connectivity index (χ1v) is 6.92. The minimum absolute atomic E-state index is 0.00120. The van der Waals surface area contributed by atoms with Crippen molar-refractivity contribution >= 4 is 11.8 Å². The number of piperidine rings is 1. The molecule has 1 aliphatic rings. The number of nitrogens with two attached hydrogens (primary N) is 1. The molecule has 6 heteroatoms. The maximum Gasteiger partial charge on any atom is 0.258 e. The fourth-order valence-corrected chi connectivity index (χ4v) is 2.64. The van der Waals surface area contributed by atoms with Gasteiger partial charge in [0.25, 0.3) is 5.91 Å². The van der Waals surface area contributed by atoms with E-state index in [1.54, 1.807) is 23.1 Å². The largest absolute Gasteiger partial charge is 0.504 e. The van der Waals surface area contributed by atoms with Crippen molar-refractivity contribution in [1.29, 1.82) is 0 Å². The zero-order valence-corrected chi connectivity index (χ0v) is 12.2. The van der Waals surface area contributed by atoms with Crippen LogP contribution in [0.4, 0.5) is 0 Å². The minimum atomic E-state index is -0.394. The quantitative estimate of drug-likeness (QED) is 0.873. The van der Waals surface area contributed by atoms with Crippen LogP contribution in [0, 0.1) is 5.92 Å². The molecule has 0 aromatic heterocycles. The van der Waals surface area contributed by atoms with E-state index in [0.717, 1.165) is 0 Å². The van der Waals surface area contributed by atoms with Gasteiger partial charge in [0.15, 0.2) is 11.5 Å². The smallest absolute Gasteiger partial charge is 0.258 e. The maximum absolute atomic E-state index is 12.6. The zero-order chi connectivity index (χ0) is 15.6. The van der Waals surface area contributed by atoms with Crippen molar-refractivity contribution in [2.45, 2.75) is 25.8 Å². The predicted octanol–water partition coefficient (Wildman–Crippen LogP) is 1.13. The topological polar surface area (TPSA) is 92.9 Å². The summed E-state index contributed by atoms with van der Waals surface area (Å²) in [5.74, 6) is -0.979. The Kier molecular flexibility index (Phi) is 4.35. The third kappa shape index (κ3) is 2.94. The van der Waals surface area contributed by atoms with Crippen LogP contribution >= 0.6 is 0 Å². The number of amides is 2. The molecule has 1 fully saturated rings. The molecule has 0 bridgehead atoms. The molecule has 1 aliphatic heterocycles. The van der Waals surface area contributed by atoms with E-state index < -0.39 is 5.91 Å². The number of ether oxygens (including phenoxy) is 1. The number of carbonyl (C=O) groups is 2. The first-order chi connectivity index (χ1) is 9.95. The van der Waals surface area contributed by atoms with Gasteiger partial charge in [-0.3, -0.25) is 9.59 Å². The molecule has 0 aliphatic carbocycles. The fraction of sp³-hybridized carbons (Fsp3) is 0.467. The van der Waals surface area contributed by atoms with Crippen molar-refractivity contribution in [3.05, 3.63) is 23.8 Å². The van der Waals surface area contributed by atoms with Gasteiger partial charge < -0.3 is 20.5 Å². The van der Waals surface area contributed by atoms with Crippen LogP contribution in [-0.4, -0.2) is 41.5 Å². The number of nitrogens with zero attached hydrogens (tertiary/aromatic N) is 1. The van der Waals surface area contributed by atoms with Crippen LogP contribution in [0.1, 0.15) is 30.1 Å². The van der Waals surface area contributed by atoms with E-state index >= 15 is 0 Å². The van der Waals surface area contributed by atoms with Crippen molar-refractivity contribution in [3.8, 4) is 11.5 Å². The van der Waals surface area contributed by atoms with E-state index in [2.05, 4.69) is 0 Å². The highest BCUT2D eigenvalue weighted by Crippen LogP contribution is 2.32. The number of benzene rings is 1. The number of methoxy groups -OCH3 is 1. The lowest BCUT2D eigenvalue weighted by atomic mass is 9.92. The Balaban J connectivity index is 2.28. The van der Waals surface area contributed by atoms with Gasteiger partial charge in [0.1, 0.15) is 0 Å². The Hall–Kier alpha value is -2.24. The van der Waals surface area contributed by atoms with Gasteiger partial charge in [-0.25, -0.2) is 0 Å². The van der Waals surface area contributed by atoms with Gasteiger partial charge in [0.05, 0.1) is 18.6 Å². The molecule has 1 heterocycles. The molecule has 1 aromatic carbocycles. The van der Waals surface area contributed by atoms with Gasteiger partial charge in [-0.2, -0.15) is 0 Å². The lowest BCUT2D eigenvalue weighted by Gasteiger charge is -2.37. The highest BCUT2D eigenvalue weighted by atomic mass is 16.5. The lowest BCUT2D eigenvalue weighted by molar-refractivity contribution is -0.123. The van der Waals surface area contributed by atoms with Crippen molar-refractivity contribution < 1.29 is 19.4 Å². The summed E-state index contributed by atoms with van der Waals surface area (Å²) in [6, 6.07) is 4.77. The van der Waals surface area contributed by atoms with Gasteiger partial charge >= 0.3 is 0 Å². The molecule has 0 radical (unpaired) electrons. The third-order valence-electron chi connectivity index (χ3n) is 3.99. The van der Waals surface area contributed by atoms with Gasteiger partial charge in [0, 0.05) is 12.6 Å². The molecule has 1 saturated heterocycles. The van der Waals surface area contributed by atoms with E-state index in [9.17, 15) is 14.7 Å². The predicted molar refractivity (Wildman–Crippen MR) is 77.1 cm³/mol. The first-order valence-electron chi connectivity index (χ1n) is 6.92. The van der Waals surface area contributed by atoms with Crippen molar-refractivity contribution in [2.75, 3.05) is 13.7 Å². The summed E-state index contributed by atoms with van der Waals surface area (Å²) >= 11 is 0.